The van der Waals surface area contributed by atoms with E-state index in [1.54, 1.807) is 12.1 Å². The van der Waals surface area contributed by atoms with Gasteiger partial charge in [0, 0.05) is 58.9 Å². The number of fused-ring (bicyclic) bond motifs is 4. The average molecular weight is 882 g/mol. The minimum atomic E-state index is -2.15. The van der Waals surface area contributed by atoms with Gasteiger partial charge in [-0.05, 0) is 53.2 Å². The van der Waals surface area contributed by atoms with E-state index in [0.29, 0.717) is 23.1 Å². The Morgan fingerprint density at radius 2 is 1.58 bits per heavy atom. The molecule has 0 atom stereocenters. The largest absolute Gasteiger partial charge is 0.501 e. The van der Waals surface area contributed by atoms with Gasteiger partial charge in [-0.2, -0.15) is 0 Å². The van der Waals surface area contributed by atoms with Crippen molar-refractivity contribution in [1.82, 2.24) is 19.5 Å². The molecule has 0 bridgehead atoms. The Hall–Kier alpha value is -4.97. The number of imidazole rings is 1. The maximum absolute atomic E-state index is 12.7. The Morgan fingerprint density at radius 3 is 2.23 bits per heavy atom. The van der Waals surface area contributed by atoms with Crippen molar-refractivity contribution in [2.24, 2.45) is 0 Å². The normalized spacial score (nSPS) is 12.8. The monoisotopic (exact) mass is 882 g/mol. The molecule has 0 fully saturated rings. The quantitative estimate of drug-likeness (QED) is 0.162. The first-order valence-electron chi connectivity index (χ1n) is 19.1. The second kappa shape index (κ2) is 15.2. The molecule has 0 saturated carbocycles. The maximum atomic E-state index is 12.7. The SMILES string of the molecule is CC(C)c1cccc(C(C)C)c1-n1c(-c2[c-]ccc3c2oc2ccccc23)nc2c(C(C)(C)C)nccc21.[2H]C([2H])([2H])c1ccc(-c2[c-]cc(F)cc2)nc1.[Ir]. The fraction of sp³-hybridized carbons (Fsp3) is 0.239. The van der Waals surface area contributed by atoms with E-state index in [1.807, 2.05) is 24.4 Å². The molecule has 8 aromatic rings. The number of aromatic nitrogens is 4. The van der Waals surface area contributed by atoms with Gasteiger partial charge in [0.1, 0.15) is 5.58 Å². The van der Waals surface area contributed by atoms with Gasteiger partial charge in [0.15, 0.2) is 0 Å². The van der Waals surface area contributed by atoms with Crippen LogP contribution in [0.1, 0.15) is 86.8 Å². The Labute approximate surface area is 328 Å². The number of aryl methyl sites for hydroxylation is 1. The van der Waals surface area contributed by atoms with Crippen molar-refractivity contribution in [3.8, 4) is 28.3 Å². The molecule has 1 radical (unpaired) electrons. The summed E-state index contributed by atoms with van der Waals surface area (Å²) in [5.41, 5.74) is 10.5. The Morgan fingerprint density at radius 1 is 0.830 bits per heavy atom. The van der Waals surface area contributed by atoms with E-state index in [1.165, 1.54) is 41.2 Å². The number of halogens is 1. The van der Waals surface area contributed by atoms with Gasteiger partial charge < -0.3 is 14.0 Å². The van der Waals surface area contributed by atoms with Crippen molar-refractivity contribution in [1.29, 1.82) is 0 Å². The van der Waals surface area contributed by atoms with Crippen LogP contribution >= 0.6 is 0 Å². The van der Waals surface area contributed by atoms with Gasteiger partial charge in [0.05, 0.1) is 28.1 Å². The summed E-state index contributed by atoms with van der Waals surface area (Å²) < 4.78 is 43.2. The van der Waals surface area contributed by atoms with Crippen molar-refractivity contribution in [2.75, 3.05) is 0 Å². The number of hydrogen-bond donors (Lipinski definition) is 0. The Balaban J connectivity index is 0.000000248. The fourth-order valence-corrected chi connectivity index (χ4v) is 6.69. The molecule has 7 heteroatoms. The molecular formula is C46H43FIrN4O-2. The van der Waals surface area contributed by atoms with E-state index in [2.05, 4.69) is 113 Å². The van der Waals surface area contributed by atoms with Crippen LogP contribution in [0.4, 0.5) is 4.39 Å². The number of para-hydroxylation sites is 2. The van der Waals surface area contributed by atoms with E-state index >= 15 is 0 Å². The van der Waals surface area contributed by atoms with Crippen molar-refractivity contribution in [3.05, 3.63) is 144 Å². The predicted octanol–water partition coefficient (Wildman–Crippen LogP) is 12.3. The van der Waals surface area contributed by atoms with Gasteiger partial charge in [0.25, 0.3) is 0 Å². The number of pyridine rings is 2. The van der Waals surface area contributed by atoms with Gasteiger partial charge >= 0.3 is 0 Å². The molecule has 0 amide bonds. The standard InChI is InChI=1S/C34H34N3O.C12H9FN.Ir/c1-20(2)22-13-10-14-23(21(3)4)30(22)37-27-18-19-35-32(34(5,6)7)29(27)36-33(37)26-16-11-15-25-24-12-8-9-17-28(24)38-31(25)26;1-9-2-7-12(14-8-9)10-3-5-11(13)6-4-10;/h8-15,17-21H,1-7H3;2-3,5-8H,1H3;/q2*-1;/i;1D3;. The summed E-state index contributed by atoms with van der Waals surface area (Å²) in [6.45, 7) is 13.5. The number of benzene rings is 4. The fourth-order valence-electron chi connectivity index (χ4n) is 6.69. The molecule has 0 N–H and O–H groups in total. The smallest absolute Gasteiger partial charge is 0.120 e. The van der Waals surface area contributed by atoms with Gasteiger partial charge in [-0.1, -0.05) is 108 Å². The summed E-state index contributed by atoms with van der Waals surface area (Å²) in [6, 6.07) is 34.5. The van der Waals surface area contributed by atoms with Crippen LogP contribution < -0.4 is 0 Å². The molecule has 271 valence electrons. The van der Waals surface area contributed by atoms with Crippen LogP contribution in [-0.4, -0.2) is 19.5 Å². The minimum Gasteiger partial charge on any atom is -0.501 e. The molecule has 53 heavy (non-hydrogen) atoms. The number of nitrogens with zero attached hydrogens (tertiary/aromatic N) is 4. The molecule has 4 aromatic heterocycles. The van der Waals surface area contributed by atoms with Crippen LogP contribution in [0.2, 0.25) is 0 Å². The summed E-state index contributed by atoms with van der Waals surface area (Å²) in [5, 5.41) is 2.17. The molecule has 0 spiro atoms. The van der Waals surface area contributed by atoms with Crippen LogP contribution in [0.5, 0.6) is 0 Å². The number of rotatable bonds is 5. The minimum absolute atomic E-state index is 0. The van der Waals surface area contributed by atoms with E-state index < -0.39 is 6.85 Å². The third kappa shape index (κ3) is 7.33. The van der Waals surface area contributed by atoms with Gasteiger partial charge in [-0.25, -0.2) is 0 Å². The van der Waals surface area contributed by atoms with E-state index in [0.717, 1.165) is 50.1 Å². The molecule has 0 aliphatic heterocycles. The molecule has 0 saturated heterocycles. The first-order valence-corrected chi connectivity index (χ1v) is 17.6. The summed E-state index contributed by atoms with van der Waals surface area (Å²) in [7, 11) is 0. The number of hydrogen-bond acceptors (Lipinski definition) is 4. The summed E-state index contributed by atoms with van der Waals surface area (Å²) in [5.74, 6) is 1.14. The zero-order chi connectivity index (χ0) is 39.2. The molecular weight excluding hydrogens is 836 g/mol. The third-order valence-corrected chi connectivity index (χ3v) is 9.23. The summed E-state index contributed by atoms with van der Waals surface area (Å²) in [6.07, 6.45) is 3.23. The second-order valence-electron chi connectivity index (χ2n) is 14.7. The van der Waals surface area contributed by atoms with Crippen LogP contribution in [0.15, 0.2) is 108 Å². The van der Waals surface area contributed by atoms with Crippen LogP contribution in [0.3, 0.4) is 0 Å². The maximum Gasteiger partial charge on any atom is 0.120 e. The Kier molecular flexibility index (Phi) is 9.69. The molecule has 8 rings (SSSR count). The van der Waals surface area contributed by atoms with Crippen LogP contribution in [0.25, 0.3) is 61.3 Å². The first kappa shape index (κ1) is 33.8. The molecule has 4 heterocycles. The Bertz CT molecular complexity index is 2610. The van der Waals surface area contributed by atoms with Crippen molar-refractivity contribution in [3.63, 3.8) is 0 Å². The van der Waals surface area contributed by atoms with Crippen molar-refractivity contribution >= 4 is 33.0 Å². The average Bonchev–Trinajstić information content (AvgIpc) is 3.73. The van der Waals surface area contributed by atoms with E-state index in [9.17, 15) is 4.39 Å². The zero-order valence-corrected chi connectivity index (χ0v) is 33.3. The van der Waals surface area contributed by atoms with Crippen molar-refractivity contribution in [2.45, 2.75) is 72.6 Å². The third-order valence-electron chi connectivity index (χ3n) is 9.23. The van der Waals surface area contributed by atoms with Gasteiger partial charge in [0.2, 0.25) is 0 Å². The topological polar surface area (TPSA) is 56.7 Å². The van der Waals surface area contributed by atoms with E-state index in [4.69, 9.17) is 18.5 Å². The van der Waals surface area contributed by atoms with Gasteiger partial charge in [-0.15, -0.1) is 48.0 Å². The second-order valence-corrected chi connectivity index (χ2v) is 14.7. The summed E-state index contributed by atoms with van der Waals surface area (Å²) in [4.78, 5) is 14.2. The van der Waals surface area contributed by atoms with Crippen LogP contribution in [-0.2, 0) is 25.5 Å². The number of furan rings is 1. The van der Waals surface area contributed by atoms with Crippen LogP contribution in [0, 0.1) is 24.8 Å². The summed E-state index contributed by atoms with van der Waals surface area (Å²) >= 11 is 0. The van der Waals surface area contributed by atoms with Crippen molar-refractivity contribution < 1.29 is 33.0 Å². The zero-order valence-electron chi connectivity index (χ0n) is 33.9. The van der Waals surface area contributed by atoms with Gasteiger partial charge in [-0.3, -0.25) is 14.4 Å². The molecule has 0 aliphatic carbocycles. The molecule has 5 nitrogen and oxygen atoms in total. The molecule has 4 aromatic carbocycles. The predicted molar refractivity (Wildman–Crippen MR) is 210 cm³/mol. The van der Waals surface area contributed by atoms with E-state index in [-0.39, 0.29) is 36.9 Å². The molecule has 0 aliphatic rings. The first-order chi connectivity index (χ1) is 26.1. The molecule has 0 unspecified atom stereocenters.